The van der Waals surface area contributed by atoms with E-state index in [4.69, 9.17) is 11.6 Å². The summed E-state index contributed by atoms with van der Waals surface area (Å²) in [5.41, 5.74) is 1.01. The summed E-state index contributed by atoms with van der Waals surface area (Å²) in [6, 6.07) is 9.60. The molecular weight excluding hydrogens is 202 g/mol. The molecule has 0 N–H and O–H groups in total. The summed E-state index contributed by atoms with van der Waals surface area (Å²) in [7, 11) is 0. The highest BCUT2D eigenvalue weighted by atomic mass is 35.5. The first-order chi connectivity index (χ1) is 6.75. The molecule has 72 valence electrons. The van der Waals surface area contributed by atoms with Crippen LogP contribution in [0.2, 0.25) is 5.15 Å². The van der Waals surface area contributed by atoms with E-state index in [0.29, 0.717) is 11.4 Å². The molecule has 0 saturated heterocycles. The SMILES string of the molecule is [O-][n+]1cc(Cl)nn1Cc1ccccc1. The quantitative estimate of drug-likeness (QED) is 0.552. The molecule has 0 spiro atoms. The third-order valence-electron chi connectivity index (χ3n) is 1.82. The van der Waals surface area contributed by atoms with Crippen molar-refractivity contribution in [3.05, 3.63) is 52.5 Å². The van der Waals surface area contributed by atoms with E-state index in [1.165, 1.54) is 11.0 Å². The predicted octanol–water partition coefficient (Wildman–Crippen LogP) is 1.22. The summed E-state index contributed by atoms with van der Waals surface area (Å²) < 4.78 is 0. The summed E-state index contributed by atoms with van der Waals surface area (Å²) >= 11 is 5.58. The molecule has 2 rings (SSSR count). The molecule has 0 unspecified atom stereocenters. The fourth-order valence-corrected chi connectivity index (χ4v) is 1.36. The molecule has 0 amide bonds. The lowest BCUT2D eigenvalue weighted by molar-refractivity contribution is -0.698. The van der Waals surface area contributed by atoms with Crippen molar-refractivity contribution in [2.75, 3.05) is 0 Å². The van der Waals surface area contributed by atoms with Crippen LogP contribution in [-0.4, -0.2) is 9.90 Å². The summed E-state index contributed by atoms with van der Waals surface area (Å²) in [6.07, 6.45) is 1.23. The van der Waals surface area contributed by atoms with Crippen LogP contribution in [0, 0.1) is 5.21 Å². The van der Waals surface area contributed by atoms with Gasteiger partial charge in [-0.05, 0) is 22.0 Å². The van der Waals surface area contributed by atoms with E-state index in [9.17, 15) is 5.21 Å². The van der Waals surface area contributed by atoms with Gasteiger partial charge in [-0.25, -0.2) is 0 Å². The maximum absolute atomic E-state index is 11.2. The molecule has 14 heavy (non-hydrogen) atoms. The molecule has 0 bridgehead atoms. The first-order valence-corrected chi connectivity index (χ1v) is 4.50. The number of aromatic nitrogens is 3. The van der Waals surface area contributed by atoms with Crippen LogP contribution in [0.4, 0.5) is 0 Å². The average molecular weight is 210 g/mol. The Morgan fingerprint density at radius 3 is 2.64 bits per heavy atom. The van der Waals surface area contributed by atoms with Gasteiger partial charge in [-0.1, -0.05) is 30.3 Å². The van der Waals surface area contributed by atoms with E-state index < -0.39 is 0 Å². The predicted molar refractivity (Wildman–Crippen MR) is 51.7 cm³/mol. The monoisotopic (exact) mass is 209 g/mol. The van der Waals surface area contributed by atoms with E-state index in [0.717, 1.165) is 5.56 Å². The van der Waals surface area contributed by atoms with Crippen molar-refractivity contribution < 1.29 is 4.85 Å². The van der Waals surface area contributed by atoms with Gasteiger partial charge in [0.15, 0.2) is 6.20 Å². The summed E-state index contributed by atoms with van der Waals surface area (Å²) in [5, 5.41) is 15.2. The van der Waals surface area contributed by atoms with E-state index in [1.807, 2.05) is 30.3 Å². The molecule has 1 aromatic carbocycles. The molecular formula is C9H8ClN3O. The third kappa shape index (κ3) is 1.85. The summed E-state index contributed by atoms with van der Waals surface area (Å²) in [5.74, 6) is 0. The van der Waals surface area contributed by atoms with Crippen LogP contribution in [0.1, 0.15) is 5.56 Å². The van der Waals surface area contributed by atoms with Gasteiger partial charge in [-0.15, -0.1) is 0 Å². The zero-order chi connectivity index (χ0) is 9.97. The molecule has 0 aliphatic rings. The van der Waals surface area contributed by atoms with Gasteiger partial charge in [0.25, 0.3) is 0 Å². The van der Waals surface area contributed by atoms with E-state index in [-0.39, 0.29) is 5.15 Å². The van der Waals surface area contributed by atoms with Gasteiger partial charge in [0.05, 0.1) is 5.10 Å². The van der Waals surface area contributed by atoms with Crippen molar-refractivity contribution in [3.63, 3.8) is 0 Å². The van der Waals surface area contributed by atoms with Crippen molar-refractivity contribution in [1.29, 1.82) is 0 Å². The maximum Gasteiger partial charge on any atom is 0.309 e. The number of halogens is 1. The molecule has 2 aromatic rings. The normalized spacial score (nSPS) is 10.4. The van der Waals surface area contributed by atoms with Crippen LogP contribution < -0.4 is 4.85 Å². The Morgan fingerprint density at radius 2 is 2.07 bits per heavy atom. The number of nitrogens with zero attached hydrogens (tertiary/aromatic N) is 3. The van der Waals surface area contributed by atoms with Crippen LogP contribution in [0.5, 0.6) is 0 Å². The second kappa shape index (κ2) is 3.67. The van der Waals surface area contributed by atoms with E-state index in [2.05, 4.69) is 5.10 Å². The van der Waals surface area contributed by atoms with Gasteiger partial charge in [0, 0.05) is 0 Å². The highest BCUT2D eigenvalue weighted by Gasteiger charge is 2.09. The van der Waals surface area contributed by atoms with Crippen molar-refractivity contribution in [3.8, 4) is 0 Å². The Balaban J connectivity index is 2.23. The minimum Gasteiger partial charge on any atom is -0.693 e. The first kappa shape index (κ1) is 9.02. The lowest BCUT2D eigenvalue weighted by Crippen LogP contribution is -2.37. The minimum absolute atomic E-state index is 0.205. The zero-order valence-electron chi connectivity index (χ0n) is 7.30. The van der Waals surface area contributed by atoms with Gasteiger partial charge in [0.1, 0.15) is 6.54 Å². The van der Waals surface area contributed by atoms with Gasteiger partial charge in [0.2, 0.25) is 0 Å². The second-order valence-electron chi connectivity index (χ2n) is 2.87. The molecule has 0 saturated carbocycles. The fraction of sp³-hybridized carbons (Fsp3) is 0.111. The smallest absolute Gasteiger partial charge is 0.309 e. The largest absolute Gasteiger partial charge is 0.693 e. The van der Waals surface area contributed by atoms with Crippen molar-refractivity contribution >= 4 is 11.6 Å². The Kier molecular flexibility index (Phi) is 2.37. The highest BCUT2D eigenvalue weighted by molar-refractivity contribution is 6.29. The van der Waals surface area contributed by atoms with Crippen molar-refractivity contribution in [1.82, 2.24) is 9.90 Å². The minimum atomic E-state index is 0.205. The van der Waals surface area contributed by atoms with Gasteiger partial charge in [-0.2, -0.15) is 4.85 Å². The average Bonchev–Trinajstić information content (AvgIpc) is 2.47. The number of benzene rings is 1. The maximum atomic E-state index is 11.2. The van der Waals surface area contributed by atoms with Crippen molar-refractivity contribution in [2.24, 2.45) is 0 Å². The zero-order valence-corrected chi connectivity index (χ0v) is 8.05. The molecule has 0 fully saturated rings. The molecule has 1 aromatic heterocycles. The molecule has 0 aliphatic carbocycles. The first-order valence-electron chi connectivity index (χ1n) is 4.12. The molecule has 0 radical (unpaired) electrons. The van der Waals surface area contributed by atoms with Crippen LogP contribution in [0.25, 0.3) is 0 Å². The summed E-state index contributed by atoms with van der Waals surface area (Å²) in [6.45, 7) is 0.428. The van der Waals surface area contributed by atoms with Crippen LogP contribution in [0.3, 0.4) is 0 Å². The van der Waals surface area contributed by atoms with Gasteiger partial charge < -0.3 is 5.21 Å². The molecule has 5 heteroatoms. The lowest BCUT2D eigenvalue weighted by Gasteiger charge is -2.02. The number of hydrogen-bond acceptors (Lipinski definition) is 2. The fourth-order valence-electron chi connectivity index (χ4n) is 1.19. The Morgan fingerprint density at radius 1 is 1.36 bits per heavy atom. The standard InChI is InChI=1S/C9H8ClN3O/c10-9-7-13(14)12(11-9)6-8-4-2-1-3-5-8/h1-5,7H,6H2. The third-order valence-corrected chi connectivity index (χ3v) is 2.00. The van der Waals surface area contributed by atoms with Gasteiger partial charge >= 0.3 is 5.15 Å². The second-order valence-corrected chi connectivity index (χ2v) is 3.26. The Bertz CT molecular complexity index is 427. The number of hydrogen-bond donors (Lipinski definition) is 0. The lowest BCUT2D eigenvalue weighted by atomic mass is 10.2. The molecule has 0 aliphatic heterocycles. The van der Waals surface area contributed by atoms with Gasteiger partial charge in [-0.3, -0.25) is 0 Å². The Hall–Kier alpha value is -1.55. The van der Waals surface area contributed by atoms with Crippen LogP contribution >= 0.6 is 11.6 Å². The van der Waals surface area contributed by atoms with Crippen LogP contribution in [0.15, 0.2) is 36.5 Å². The van der Waals surface area contributed by atoms with E-state index in [1.54, 1.807) is 0 Å². The summed E-state index contributed by atoms with van der Waals surface area (Å²) in [4.78, 5) is 1.88. The highest BCUT2D eigenvalue weighted by Crippen LogP contribution is 2.02. The topological polar surface area (TPSA) is 44.8 Å². The van der Waals surface area contributed by atoms with Crippen LogP contribution in [-0.2, 0) is 6.54 Å². The van der Waals surface area contributed by atoms with Crippen molar-refractivity contribution in [2.45, 2.75) is 6.54 Å². The molecule has 0 atom stereocenters. The molecule has 4 nitrogen and oxygen atoms in total. The van der Waals surface area contributed by atoms with E-state index >= 15 is 0 Å². The Labute approximate surface area is 85.9 Å². The molecule has 1 heterocycles. The number of rotatable bonds is 2.